The van der Waals surface area contributed by atoms with E-state index in [1.54, 1.807) is 6.92 Å². The number of carbonyl (C=O) groups excluding carboxylic acids is 2. The molecule has 2 atom stereocenters. The lowest BCUT2D eigenvalue weighted by molar-refractivity contribution is -0.143. The maximum Gasteiger partial charge on any atom is 0.325 e. The lowest BCUT2D eigenvalue weighted by Crippen LogP contribution is -2.38. The Morgan fingerprint density at radius 1 is 0.731 bits per heavy atom. The molecule has 0 rings (SSSR count). The predicted octanol–water partition coefficient (Wildman–Crippen LogP) is 3.16. The molecule has 0 aromatic carbocycles. The number of nitrogens with one attached hydrogen (secondary N) is 1. The van der Waals surface area contributed by atoms with Crippen molar-refractivity contribution in [1.82, 2.24) is 5.32 Å². The Labute approximate surface area is 155 Å². The molecule has 26 heavy (non-hydrogen) atoms. The summed E-state index contributed by atoms with van der Waals surface area (Å²) in [6.45, 7) is 3.00. The maximum atomic E-state index is 11.6. The highest BCUT2D eigenvalue weighted by atomic mass is 16.4. The third-order valence-electron chi connectivity index (χ3n) is 4.31. The van der Waals surface area contributed by atoms with Crippen molar-refractivity contribution in [2.24, 2.45) is 5.92 Å². The third kappa shape index (κ3) is 13.4. The molecule has 0 saturated carbocycles. The van der Waals surface area contributed by atoms with Crippen molar-refractivity contribution >= 4 is 23.6 Å². The van der Waals surface area contributed by atoms with Gasteiger partial charge >= 0.3 is 11.9 Å². The lowest BCUT2D eigenvalue weighted by atomic mass is 10.0. The summed E-state index contributed by atoms with van der Waals surface area (Å²) in [4.78, 5) is 44.4. The Morgan fingerprint density at radius 2 is 1.19 bits per heavy atom. The van der Waals surface area contributed by atoms with Crippen molar-refractivity contribution in [3.63, 3.8) is 0 Å². The molecule has 0 saturated heterocycles. The maximum absolute atomic E-state index is 11.6. The molecule has 3 N–H and O–H groups in total. The van der Waals surface area contributed by atoms with Crippen molar-refractivity contribution < 1.29 is 29.4 Å². The van der Waals surface area contributed by atoms with E-state index in [1.165, 1.54) is 6.92 Å². The van der Waals surface area contributed by atoms with E-state index in [4.69, 9.17) is 10.2 Å². The Bertz CT molecular complexity index is 421. The topological polar surface area (TPSA) is 121 Å². The van der Waals surface area contributed by atoms with Gasteiger partial charge in [-0.2, -0.15) is 0 Å². The smallest absolute Gasteiger partial charge is 0.325 e. The van der Waals surface area contributed by atoms with Crippen LogP contribution in [0.2, 0.25) is 0 Å². The largest absolute Gasteiger partial charge is 0.481 e. The van der Waals surface area contributed by atoms with E-state index >= 15 is 0 Å². The number of amides is 1. The Morgan fingerprint density at radius 3 is 1.65 bits per heavy atom. The van der Waals surface area contributed by atoms with Crippen LogP contribution >= 0.6 is 0 Å². The van der Waals surface area contributed by atoms with Crippen LogP contribution in [0.1, 0.15) is 84.5 Å². The summed E-state index contributed by atoms with van der Waals surface area (Å²) in [7, 11) is 0. The first-order valence-electron chi connectivity index (χ1n) is 9.50. The van der Waals surface area contributed by atoms with Crippen molar-refractivity contribution in [3.05, 3.63) is 0 Å². The molecule has 0 aromatic heterocycles. The van der Waals surface area contributed by atoms with E-state index in [-0.39, 0.29) is 18.1 Å². The second kappa shape index (κ2) is 14.3. The van der Waals surface area contributed by atoms with Crippen LogP contribution in [0.25, 0.3) is 0 Å². The van der Waals surface area contributed by atoms with Crippen LogP contribution in [-0.4, -0.2) is 39.9 Å². The van der Waals surface area contributed by atoms with Gasteiger partial charge in [-0.15, -0.1) is 0 Å². The monoisotopic (exact) mass is 371 g/mol. The molecular weight excluding hydrogens is 338 g/mol. The van der Waals surface area contributed by atoms with E-state index in [9.17, 15) is 19.2 Å². The van der Waals surface area contributed by atoms with Crippen LogP contribution in [0.4, 0.5) is 0 Å². The van der Waals surface area contributed by atoms with Gasteiger partial charge in [0.2, 0.25) is 5.91 Å². The average molecular weight is 371 g/mol. The number of hydrogen-bond acceptors (Lipinski definition) is 4. The fourth-order valence-corrected chi connectivity index (χ4v) is 2.57. The summed E-state index contributed by atoms with van der Waals surface area (Å²) in [5.41, 5.74) is 0. The summed E-state index contributed by atoms with van der Waals surface area (Å²) < 4.78 is 0. The number of Topliss-reactive ketones (excluding diaryl/α,β-unsaturated/α-hetero) is 1. The molecule has 0 aliphatic carbocycles. The fraction of sp³-hybridized carbons (Fsp3) is 0.789. The zero-order valence-electron chi connectivity index (χ0n) is 16.0. The SMILES string of the molecule is CC(CC(=O)CCCCCCCCCCC(=O)NC(C)C(=O)O)C(=O)O. The molecular formula is C19H33NO6. The van der Waals surface area contributed by atoms with Gasteiger partial charge in [0.15, 0.2) is 0 Å². The van der Waals surface area contributed by atoms with Crippen LogP contribution in [0.3, 0.4) is 0 Å². The first-order valence-corrected chi connectivity index (χ1v) is 9.50. The molecule has 0 aliphatic rings. The lowest BCUT2D eigenvalue weighted by Gasteiger charge is -2.08. The minimum Gasteiger partial charge on any atom is -0.481 e. The molecule has 0 spiro atoms. The van der Waals surface area contributed by atoms with Crippen LogP contribution in [0.15, 0.2) is 0 Å². The van der Waals surface area contributed by atoms with Crippen molar-refractivity contribution in [2.75, 3.05) is 0 Å². The second-order valence-corrected chi connectivity index (χ2v) is 6.94. The molecule has 2 unspecified atom stereocenters. The number of hydrogen-bond donors (Lipinski definition) is 3. The molecule has 0 bridgehead atoms. The van der Waals surface area contributed by atoms with Crippen LogP contribution in [-0.2, 0) is 19.2 Å². The van der Waals surface area contributed by atoms with Crippen LogP contribution < -0.4 is 5.32 Å². The minimum atomic E-state index is -1.03. The first kappa shape index (κ1) is 24.1. The number of aliphatic carboxylic acids is 2. The van der Waals surface area contributed by atoms with Gasteiger partial charge in [0.25, 0.3) is 0 Å². The molecule has 7 heteroatoms. The van der Waals surface area contributed by atoms with Gasteiger partial charge < -0.3 is 15.5 Å². The van der Waals surface area contributed by atoms with E-state index < -0.39 is 23.9 Å². The normalized spacial score (nSPS) is 13.0. The quantitative estimate of drug-likeness (QED) is 0.358. The van der Waals surface area contributed by atoms with Crippen LogP contribution in [0.5, 0.6) is 0 Å². The number of carboxylic acid groups (broad SMARTS) is 2. The van der Waals surface area contributed by atoms with Gasteiger partial charge in [0, 0.05) is 19.3 Å². The predicted molar refractivity (Wildman–Crippen MR) is 97.8 cm³/mol. The van der Waals surface area contributed by atoms with Crippen molar-refractivity contribution in [3.8, 4) is 0 Å². The minimum absolute atomic E-state index is 0.0235. The Balaban J connectivity index is 3.44. The highest BCUT2D eigenvalue weighted by Crippen LogP contribution is 2.12. The number of carbonyl (C=O) groups is 4. The Kier molecular flexibility index (Phi) is 13.2. The van der Waals surface area contributed by atoms with Crippen molar-refractivity contribution in [2.45, 2.75) is 90.5 Å². The standard InChI is InChI=1S/C19H33NO6/c1-14(18(23)24)13-16(21)11-9-7-5-3-4-6-8-10-12-17(22)20-15(2)19(25)26/h14-15H,3-13H2,1-2H3,(H,20,22)(H,23,24)(H,25,26). The fourth-order valence-electron chi connectivity index (χ4n) is 2.57. The summed E-state index contributed by atoms with van der Waals surface area (Å²) in [5.74, 6) is -2.75. The van der Waals surface area contributed by atoms with Gasteiger partial charge in [0.05, 0.1) is 5.92 Å². The van der Waals surface area contributed by atoms with Crippen molar-refractivity contribution in [1.29, 1.82) is 0 Å². The zero-order valence-corrected chi connectivity index (χ0v) is 16.0. The first-order chi connectivity index (χ1) is 12.2. The van der Waals surface area contributed by atoms with Gasteiger partial charge in [-0.25, -0.2) is 0 Å². The van der Waals surface area contributed by atoms with E-state index in [0.29, 0.717) is 12.8 Å². The number of rotatable bonds is 16. The molecule has 7 nitrogen and oxygen atoms in total. The summed E-state index contributed by atoms with van der Waals surface area (Å²) in [6, 6.07) is -0.846. The molecule has 0 heterocycles. The molecule has 0 aliphatic heterocycles. The zero-order chi connectivity index (χ0) is 19.9. The summed E-state index contributed by atoms with van der Waals surface area (Å²) >= 11 is 0. The highest BCUT2D eigenvalue weighted by Gasteiger charge is 2.15. The van der Waals surface area contributed by atoms with E-state index in [0.717, 1.165) is 51.4 Å². The van der Waals surface area contributed by atoms with E-state index in [1.807, 2.05) is 0 Å². The van der Waals surface area contributed by atoms with Gasteiger partial charge in [0.1, 0.15) is 11.8 Å². The highest BCUT2D eigenvalue weighted by molar-refractivity contribution is 5.83. The molecule has 150 valence electrons. The average Bonchev–Trinajstić information content (AvgIpc) is 2.56. The number of ketones is 1. The molecule has 1 amide bonds. The third-order valence-corrected chi connectivity index (χ3v) is 4.31. The second-order valence-electron chi connectivity index (χ2n) is 6.94. The number of carboxylic acids is 2. The number of unbranched alkanes of at least 4 members (excludes halogenated alkanes) is 7. The van der Waals surface area contributed by atoms with Gasteiger partial charge in [-0.3, -0.25) is 19.2 Å². The molecule has 0 radical (unpaired) electrons. The molecule has 0 aromatic rings. The molecule has 0 fully saturated rings. The Hall–Kier alpha value is -1.92. The van der Waals surface area contributed by atoms with Gasteiger partial charge in [-0.1, -0.05) is 45.4 Å². The van der Waals surface area contributed by atoms with Crippen LogP contribution in [0, 0.1) is 5.92 Å². The van der Waals surface area contributed by atoms with Gasteiger partial charge in [-0.05, 0) is 19.8 Å². The summed E-state index contributed by atoms with van der Waals surface area (Å²) in [6.07, 6.45) is 8.68. The van der Waals surface area contributed by atoms with E-state index in [2.05, 4.69) is 5.32 Å². The summed E-state index contributed by atoms with van der Waals surface area (Å²) in [5, 5.41) is 19.9.